The average Bonchev–Trinajstić information content (AvgIpc) is 2.85. The Kier molecular flexibility index (Phi) is 3.82. The van der Waals surface area contributed by atoms with Gasteiger partial charge in [0, 0.05) is 20.1 Å². The summed E-state index contributed by atoms with van der Waals surface area (Å²) in [6, 6.07) is 3.85. The highest BCUT2D eigenvalue weighted by Gasteiger charge is 2.52. The van der Waals surface area contributed by atoms with Crippen LogP contribution in [0.4, 0.5) is 0 Å². The number of hydrogen-bond acceptors (Lipinski definition) is 5. The summed E-state index contributed by atoms with van der Waals surface area (Å²) in [5.74, 6) is 0.708. The molecule has 2 N–H and O–H groups in total. The van der Waals surface area contributed by atoms with Crippen LogP contribution in [0.15, 0.2) is 23.8 Å². The lowest BCUT2D eigenvalue weighted by atomic mass is 9.72. The Labute approximate surface area is 142 Å². The molecule has 5 heteroatoms. The standard InChI is InChI=1S/C19H25NO4/c1-23-17-10-14-12(8-15(17)21)4-3-6-20-7-5-13-9-16(22)18(24-2)11-19(13,14)20/h8-10,16,18,21-22H,3-7,11H2,1-2H3. The quantitative estimate of drug-likeness (QED) is 0.811. The van der Waals surface area contributed by atoms with Gasteiger partial charge in [-0.05, 0) is 54.6 Å². The van der Waals surface area contributed by atoms with Gasteiger partial charge in [0.25, 0.3) is 0 Å². The molecular formula is C19H25NO4. The number of ether oxygens (including phenoxy) is 2. The fourth-order valence-electron chi connectivity index (χ4n) is 4.87. The first kappa shape index (κ1) is 15.9. The van der Waals surface area contributed by atoms with Crippen molar-refractivity contribution >= 4 is 0 Å². The van der Waals surface area contributed by atoms with Crippen molar-refractivity contribution in [2.75, 3.05) is 27.3 Å². The predicted molar refractivity (Wildman–Crippen MR) is 90.4 cm³/mol. The molecule has 1 aromatic carbocycles. The lowest BCUT2D eigenvalue weighted by molar-refractivity contribution is -0.0318. The van der Waals surface area contributed by atoms with E-state index < -0.39 is 6.10 Å². The van der Waals surface area contributed by atoms with Gasteiger partial charge in [0.2, 0.25) is 0 Å². The Hall–Kier alpha value is -1.56. The van der Waals surface area contributed by atoms with Crippen LogP contribution in [0.2, 0.25) is 0 Å². The Bertz CT molecular complexity index is 686. The third-order valence-electron chi connectivity index (χ3n) is 6.00. The van der Waals surface area contributed by atoms with E-state index in [9.17, 15) is 10.2 Å². The number of aryl methyl sites for hydroxylation is 1. The summed E-state index contributed by atoms with van der Waals surface area (Å²) in [5.41, 5.74) is 3.41. The van der Waals surface area contributed by atoms with Gasteiger partial charge in [-0.2, -0.15) is 0 Å². The first-order valence-electron chi connectivity index (χ1n) is 8.67. The summed E-state index contributed by atoms with van der Waals surface area (Å²) >= 11 is 0. The molecule has 3 atom stereocenters. The van der Waals surface area contributed by atoms with Crippen molar-refractivity contribution in [3.8, 4) is 11.5 Å². The number of methoxy groups -OCH3 is 2. The number of hydrogen-bond donors (Lipinski definition) is 2. The van der Waals surface area contributed by atoms with Gasteiger partial charge in [-0.3, -0.25) is 4.90 Å². The minimum atomic E-state index is -0.554. The Morgan fingerprint density at radius 1 is 1.21 bits per heavy atom. The van der Waals surface area contributed by atoms with Crippen molar-refractivity contribution in [2.45, 2.75) is 43.4 Å². The highest BCUT2D eigenvalue weighted by molar-refractivity contribution is 5.54. The molecule has 0 bridgehead atoms. The smallest absolute Gasteiger partial charge is 0.160 e. The van der Waals surface area contributed by atoms with E-state index in [1.807, 2.05) is 18.2 Å². The average molecular weight is 331 g/mol. The van der Waals surface area contributed by atoms with Crippen LogP contribution in [0.3, 0.4) is 0 Å². The van der Waals surface area contributed by atoms with Crippen molar-refractivity contribution < 1.29 is 19.7 Å². The predicted octanol–water partition coefficient (Wildman–Crippen LogP) is 1.95. The van der Waals surface area contributed by atoms with Crippen molar-refractivity contribution in [3.05, 3.63) is 34.9 Å². The zero-order valence-corrected chi connectivity index (χ0v) is 14.3. The monoisotopic (exact) mass is 331 g/mol. The molecular weight excluding hydrogens is 306 g/mol. The van der Waals surface area contributed by atoms with Crippen LogP contribution < -0.4 is 4.74 Å². The normalized spacial score (nSPS) is 32.4. The highest BCUT2D eigenvalue weighted by atomic mass is 16.5. The number of phenolic OH excluding ortho intramolecular Hbond substituents is 1. The second-order valence-corrected chi connectivity index (χ2v) is 7.04. The molecule has 0 amide bonds. The number of phenols is 1. The summed E-state index contributed by atoms with van der Waals surface area (Å²) < 4.78 is 11.0. The third-order valence-corrected chi connectivity index (χ3v) is 6.00. The highest BCUT2D eigenvalue weighted by Crippen LogP contribution is 2.53. The minimum Gasteiger partial charge on any atom is -0.504 e. The Morgan fingerprint density at radius 3 is 2.79 bits per heavy atom. The zero-order valence-electron chi connectivity index (χ0n) is 14.3. The van der Waals surface area contributed by atoms with Crippen LogP contribution in [0.25, 0.3) is 0 Å². The number of aromatic hydroxyl groups is 1. The summed E-state index contributed by atoms with van der Waals surface area (Å²) in [6.45, 7) is 2.01. The fraction of sp³-hybridized carbons (Fsp3) is 0.579. The summed E-state index contributed by atoms with van der Waals surface area (Å²) in [7, 11) is 3.25. The van der Waals surface area contributed by atoms with E-state index in [-0.39, 0.29) is 17.4 Å². The molecule has 2 heterocycles. The van der Waals surface area contributed by atoms with Gasteiger partial charge in [0.1, 0.15) is 0 Å². The SMILES string of the molecule is COc1cc2c(cc1O)CCCN1CCC3=CC(O)C(OC)CC321. The molecule has 0 saturated carbocycles. The molecule has 1 aliphatic carbocycles. The first-order chi connectivity index (χ1) is 11.6. The molecule has 2 aliphatic heterocycles. The lowest BCUT2D eigenvalue weighted by Gasteiger charge is -2.45. The molecule has 24 heavy (non-hydrogen) atoms. The van der Waals surface area contributed by atoms with Crippen LogP contribution in [-0.4, -0.2) is 54.6 Å². The zero-order chi connectivity index (χ0) is 16.9. The Balaban J connectivity index is 1.94. The maximum absolute atomic E-state index is 10.4. The molecule has 130 valence electrons. The van der Waals surface area contributed by atoms with Crippen molar-refractivity contribution in [3.63, 3.8) is 0 Å². The van der Waals surface area contributed by atoms with Crippen molar-refractivity contribution in [2.24, 2.45) is 0 Å². The fourth-order valence-corrected chi connectivity index (χ4v) is 4.87. The van der Waals surface area contributed by atoms with Gasteiger partial charge in [-0.15, -0.1) is 0 Å². The number of benzene rings is 1. The van der Waals surface area contributed by atoms with Crippen LogP contribution in [0, 0.1) is 0 Å². The van der Waals surface area contributed by atoms with Gasteiger partial charge in [-0.25, -0.2) is 0 Å². The molecule has 1 saturated heterocycles. The summed E-state index contributed by atoms with van der Waals surface area (Å²) in [4.78, 5) is 2.53. The molecule has 0 radical (unpaired) electrons. The van der Waals surface area contributed by atoms with Crippen LogP contribution >= 0.6 is 0 Å². The van der Waals surface area contributed by atoms with E-state index in [1.165, 1.54) is 16.7 Å². The summed E-state index contributed by atoms with van der Waals surface area (Å²) in [5, 5.41) is 20.6. The number of aliphatic hydroxyl groups is 1. The van der Waals surface area contributed by atoms with E-state index in [1.54, 1.807) is 14.2 Å². The molecule has 1 fully saturated rings. The van der Waals surface area contributed by atoms with E-state index in [0.717, 1.165) is 38.8 Å². The second kappa shape index (κ2) is 5.76. The van der Waals surface area contributed by atoms with Gasteiger partial charge in [-0.1, -0.05) is 6.08 Å². The maximum Gasteiger partial charge on any atom is 0.160 e. The molecule has 5 nitrogen and oxygen atoms in total. The number of nitrogens with zero attached hydrogens (tertiary/aromatic N) is 1. The van der Waals surface area contributed by atoms with Crippen LogP contribution in [-0.2, 0) is 16.7 Å². The van der Waals surface area contributed by atoms with Crippen LogP contribution in [0.5, 0.6) is 11.5 Å². The number of fused-ring (bicyclic) bond motifs is 1. The van der Waals surface area contributed by atoms with E-state index in [4.69, 9.17) is 9.47 Å². The molecule has 4 rings (SSSR count). The number of rotatable bonds is 2. The van der Waals surface area contributed by atoms with E-state index in [0.29, 0.717) is 5.75 Å². The minimum absolute atomic E-state index is 0.198. The first-order valence-corrected chi connectivity index (χ1v) is 8.67. The van der Waals surface area contributed by atoms with Crippen molar-refractivity contribution in [1.29, 1.82) is 0 Å². The second-order valence-electron chi connectivity index (χ2n) is 7.04. The summed E-state index contributed by atoms with van der Waals surface area (Å²) in [6.07, 6.45) is 4.92. The number of aliphatic hydroxyl groups excluding tert-OH is 1. The Morgan fingerprint density at radius 2 is 2.04 bits per heavy atom. The van der Waals surface area contributed by atoms with Gasteiger partial charge in [0.15, 0.2) is 11.5 Å². The van der Waals surface area contributed by atoms with Gasteiger partial charge < -0.3 is 19.7 Å². The molecule has 3 aliphatic rings. The maximum atomic E-state index is 10.4. The largest absolute Gasteiger partial charge is 0.504 e. The topological polar surface area (TPSA) is 62.2 Å². The van der Waals surface area contributed by atoms with Gasteiger partial charge >= 0.3 is 0 Å². The molecule has 1 aromatic rings. The third kappa shape index (κ3) is 2.11. The van der Waals surface area contributed by atoms with E-state index >= 15 is 0 Å². The van der Waals surface area contributed by atoms with Crippen LogP contribution in [0.1, 0.15) is 30.4 Å². The molecule has 3 unspecified atom stereocenters. The molecule has 0 aromatic heterocycles. The van der Waals surface area contributed by atoms with Crippen molar-refractivity contribution in [1.82, 2.24) is 4.90 Å². The van der Waals surface area contributed by atoms with E-state index in [2.05, 4.69) is 4.90 Å². The van der Waals surface area contributed by atoms with Gasteiger partial charge in [0.05, 0.1) is 24.9 Å². The molecule has 1 spiro atoms. The lowest BCUT2D eigenvalue weighted by Crippen LogP contribution is -2.49.